The number of rotatable bonds is 8. The number of piperidine rings is 1. The second kappa shape index (κ2) is 13.6. The van der Waals surface area contributed by atoms with Gasteiger partial charge in [-0.15, -0.1) is 0 Å². The Morgan fingerprint density at radius 1 is 1.04 bits per heavy atom. The maximum atomic E-state index is 15.4. The Balaban J connectivity index is 1.23. The van der Waals surface area contributed by atoms with Gasteiger partial charge in [-0.2, -0.15) is 0 Å². The molecule has 1 aromatic heterocycles. The second-order valence-electron chi connectivity index (χ2n) is 13.7. The van der Waals surface area contributed by atoms with E-state index in [0.717, 1.165) is 24.5 Å². The van der Waals surface area contributed by atoms with Gasteiger partial charge in [-0.05, 0) is 90.0 Å². The highest BCUT2D eigenvalue weighted by Gasteiger charge is 2.28. The largest absolute Gasteiger partial charge is 0.444 e. The number of urea groups is 1. The van der Waals surface area contributed by atoms with Crippen molar-refractivity contribution in [3.63, 3.8) is 0 Å². The monoisotopic (exact) mass is 650 g/mol. The number of ether oxygens (including phenoxy) is 1. The molecule has 47 heavy (non-hydrogen) atoms. The maximum Gasteiger partial charge on any atom is 0.407 e. The standard InChI is InChI=1S/C34H43FN6O6/c1-20(2)41-28-16-26(35)27(15-25(28)30(43)40(33(41)46)18-22-8-9-22)38-31(44)39-14-6-7-24(19-39)37-29(42)23-12-10-21(11-13-23)17-36-32(45)47-34(3,4)5/h10-13,15-16,20,22,24H,6-9,14,17-19H2,1-5H3,(H,36,45)(H,37,42)(H,38,44)/t24-/m1/s1. The normalized spacial score (nSPS) is 16.7. The molecule has 3 aromatic rings. The fraction of sp³-hybridized carbons (Fsp3) is 0.500. The molecule has 2 fully saturated rings. The number of hydrogen-bond donors (Lipinski definition) is 3. The molecule has 0 bridgehead atoms. The lowest BCUT2D eigenvalue weighted by Gasteiger charge is -2.33. The molecule has 12 nitrogen and oxygen atoms in total. The van der Waals surface area contributed by atoms with Gasteiger partial charge in [0, 0.05) is 49.9 Å². The van der Waals surface area contributed by atoms with E-state index in [4.69, 9.17) is 4.74 Å². The molecule has 4 amide bonds. The smallest absolute Gasteiger partial charge is 0.407 e. The highest BCUT2D eigenvalue weighted by Crippen LogP contribution is 2.30. The molecule has 2 aliphatic rings. The van der Waals surface area contributed by atoms with Gasteiger partial charge in [0.15, 0.2) is 0 Å². The van der Waals surface area contributed by atoms with E-state index in [2.05, 4.69) is 16.0 Å². The fourth-order valence-electron chi connectivity index (χ4n) is 5.72. The first-order chi connectivity index (χ1) is 22.2. The summed E-state index contributed by atoms with van der Waals surface area (Å²) in [7, 11) is 0. The number of amides is 4. The lowest BCUT2D eigenvalue weighted by Crippen LogP contribution is -2.50. The molecule has 1 saturated heterocycles. The molecular formula is C34H43FN6O6. The molecule has 0 unspecified atom stereocenters. The van der Waals surface area contributed by atoms with E-state index in [1.54, 1.807) is 58.9 Å². The Bertz CT molecular complexity index is 1790. The number of alkyl carbamates (subject to hydrolysis) is 1. The van der Waals surface area contributed by atoms with Crippen molar-refractivity contribution in [1.29, 1.82) is 0 Å². The minimum atomic E-state index is -0.759. The molecule has 2 aromatic carbocycles. The summed E-state index contributed by atoms with van der Waals surface area (Å²) in [5.74, 6) is -0.785. The van der Waals surface area contributed by atoms with Crippen LogP contribution in [0.1, 0.15) is 82.3 Å². The van der Waals surface area contributed by atoms with Crippen LogP contribution in [-0.4, -0.2) is 56.8 Å². The Kier molecular flexibility index (Phi) is 9.73. The van der Waals surface area contributed by atoms with E-state index in [9.17, 15) is 24.0 Å². The summed E-state index contributed by atoms with van der Waals surface area (Å²) in [4.78, 5) is 66.2. The van der Waals surface area contributed by atoms with Crippen LogP contribution in [0.2, 0.25) is 0 Å². The number of likely N-dealkylation sites (tertiary alicyclic amines) is 1. The van der Waals surface area contributed by atoms with Gasteiger partial charge in [0.1, 0.15) is 11.4 Å². The van der Waals surface area contributed by atoms with Crippen LogP contribution in [-0.2, 0) is 17.8 Å². The number of hydrogen-bond acceptors (Lipinski definition) is 6. The van der Waals surface area contributed by atoms with Gasteiger partial charge in [0.05, 0.1) is 16.6 Å². The van der Waals surface area contributed by atoms with Crippen molar-refractivity contribution < 1.29 is 23.5 Å². The van der Waals surface area contributed by atoms with Gasteiger partial charge in [-0.1, -0.05) is 12.1 Å². The average molecular weight is 651 g/mol. The molecule has 1 aliphatic heterocycles. The summed E-state index contributed by atoms with van der Waals surface area (Å²) in [6, 6.07) is 8.06. The number of nitrogens with zero attached hydrogens (tertiary/aromatic N) is 3. The first kappa shape index (κ1) is 33.7. The predicted molar refractivity (Wildman–Crippen MR) is 176 cm³/mol. The van der Waals surface area contributed by atoms with Crippen molar-refractivity contribution in [3.05, 3.63) is 74.2 Å². The Morgan fingerprint density at radius 2 is 1.74 bits per heavy atom. The van der Waals surface area contributed by atoms with E-state index in [0.29, 0.717) is 31.5 Å². The lowest BCUT2D eigenvalue weighted by atomic mass is 10.0. The predicted octanol–water partition coefficient (Wildman–Crippen LogP) is 4.74. The number of fused-ring (bicyclic) bond motifs is 1. The van der Waals surface area contributed by atoms with Gasteiger partial charge in [0.2, 0.25) is 0 Å². The van der Waals surface area contributed by atoms with Crippen LogP contribution in [0.15, 0.2) is 46.0 Å². The van der Waals surface area contributed by atoms with Crippen LogP contribution in [0.5, 0.6) is 0 Å². The third-order valence-corrected chi connectivity index (χ3v) is 8.25. The molecular weight excluding hydrogens is 607 g/mol. The third-order valence-electron chi connectivity index (χ3n) is 8.25. The number of aromatic nitrogens is 2. The van der Waals surface area contributed by atoms with Crippen LogP contribution in [0.25, 0.3) is 10.9 Å². The van der Waals surface area contributed by atoms with E-state index < -0.39 is 34.8 Å². The SMILES string of the molecule is CC(C)n1c(=O)n(CC2CC2)c(=O)c2cc(NC(=O)N3CCC[C@@H](NC(=O)c4ccc(CNC(=O)OC(C)(C)C)cc4)C3)c(F)cc21. The van der Waals surface area contributed by atoms with E-state index in [1.807, 2.05) is 0 Å². The molecule has 2 heterocycles. The molecule has 3 N–H and O–H groups in total. The number of benzene rings is 2. The van der Waals surface area contributed by atoms with Crippen LogP contribution in [0.4, 0.5) is 19.7 Å². The molecule has 0 spiro atoms. The number of nitrogens with one attached hydrogen (secondary N) is 3. The van der Waals surface area contributed by atoms with Gasteiger partial charge in [-0.3, -0.25) is 18.7 Å². The van der Waals surface area contributed by atoms with Gasteiger partial charge in [-0.25, -0.2) is 18.8 Å². The zero-order valence-electron chi connectivity index (χ0n) is 27.5. The first-order valence-corrected chi connectivity index (χ1v) is 16.1. The van der Waals surface area contributed by atoms with Crippen LogP contribution >= 0.6 is 0 Å². The van der Waals surface area contributed by atoms with Crippen molar-refractivity contribution in [1.82, 2.24) is 24.7 Å². The van der Waals surface area contributed by atoms with Gasteiger partial charge in [0.25, 0.3) is 11.5 Å². The average Bonchev–Trinajstić information content (AvgIpc) is 3.83. The lowest BCUT2D eigenvalue weighted by molar-refractivity contribution is 0.0523. The zero-order chi connectivity index (χ0) is 34.0. The summed E-state index contributed by atoms with van der Waals surface area (Å²) in [5, 5.41) is 8.41. The topological polar surface area (TPSA) is 144 Å². The summed E-state index contributed by atoms with van der Waals surface area (Å²) < 4.78 is 23.2. The quantitative estimate of drug-likeness (QED) is 0.321. The van der Waals surface area contributed by atoms with Crippen molar-refractivity contribution in [2.24, 2.45) is 5.92 Å². The highest BCUT2D eigenvalue weighted by atomic mass is 19.1. The molecule has 1 saturated carbocycles. The Morgan fingerprint density at radius 3 is 2.38 bits per heavy atom. The summed E-state index contributed by atoms with van der Waals surface area (Å²) in [5.41, 5.74) is -0.314. The van der Waals surface area contributed by atoms with Gasteiger partial charge < -0.3 is 25.6 Å². The number of carbonyl (C=O) groups excluding carboxylic acids is 3. The van der Waals surface area contributed by atoms with Crippen molar-refractivity contribution in [2.45, 2.75) is 91.1 Å². The maximum absolute atomic E-state index is 15.4. The van der Waals surface area contributed by atoms with Crippen molar-refractivity contribution in [3.8, 4) is 0 Å². The van der Waals surface area contributed by atoms with E-state index in [1.165, 1.54) is 20.1 Å². The van der Waals surface area contributed by atoms with E-state index in [-0.39, 0.29) is 53.6 Å². The fourth-order valence-corrected chi connectivity index (χ4v) is 5.72. The van der Waals surface area contributed by atoms with Crippen molar-refractivity contribution >= 4 is 34.6 Å². The van der Waals surface area contributed by atoms with Gasteiger partial charge >= 0.3 is 17.8 Å². The Labute approximate surface area is 272 Å². The van der Waals surface area contributed by atoms with Crippen LogP contribution < -0.4 is 27.2 Å². The number of carbonyl (C=O) groups is 3. The minimum Gasteiger partial charge on any atom is -0.444 e. The third kappa shape index (κ3) is 8.19. The Hall–Kier alpha value is -4.68. The highest BCUT2D eigenvalue weighted by molar-refractivity contribution is 5.95. The molecule has 0 radical (unpaired) electrons. The molecule has 1 aliphatic carbocycles. The van der Waals surface area contributed by atoms with E-state index >= 15 is 4.39 Å². The van der Waals surface area contributed by atoms with Crippen LogP contribution in [0, 0.1) is 11.7 Å². The molecule has 1 atom stereocenters. The molecule has 252 valence electrons. The number of halogens is 1. The zero-order valence-corrected chi connectivity index (χ0v) is 27.5. The van der Waals surface area contributed by atoms with Crippen LogP contribution in [0.3, 0.4) is 0 Å². The summed E-state index contributed by atoms with van der Waals surface area (Å²) in [6.45, 7) is 10.1. The molecule has 13 heteroatoms. The first-order valence-electron chi connectivity index (χ1n) is 16.1. The molecule has 5 rings (SSSR count). The second-order valence-corrected chi connectivity index (χ2v) is 13.7. The summed E-state index contributed by atoms with van der Waals surface area (Å²) >= 11 is 0. The summed E-state index contributed by atoms with van der Waals surface area (Å²) in [6.07, 6.45) is 2.66. The minimum absolute atomic E-state index is 0.154. The van der Waals surface area contributed by atoms with Crippen molar-refractivity contribution in [2.75, 3.05) is 18.4 Å². The number of anilines is 1.